The van der Waals surface area contributed by atoms with E-state index in [-0.39, 0.29) is 11.6 Å². The Morgan fingerprint density at radius 1 is 0.889 bits per heavy atom. The van der Waals surface area contributed by atoms with Gasteiger partial charge in [0.15, 0.2) is 0 Å². The van der Waals surface area contributed by atoms with E-state index in [0.717, 1.165) is 22.0 Å². The lowest BCUT2D eigenvalue weighted by atomic mass is 10.1. The summed E-state index contributed by atoms with van der Waals surface area (Å²) in [6.07, 6.45) is 1.74. The molecular formula is C15H10FNO. The number of halogens is 1. The highest BCUT2D eigenvalue weighted by Gasteiger charge is 2.02. The summed E-state index contributed by atoms with van der Waals surface area (Å²) < 4.78 is 12.9. The third-order valence-corrected chi connectivity index (χ3v) is 2.84. The summed E-state index contributed by atoms with van der Waals surface area (Å²) in [5.74, 6) is -0.0503. The van der Waals surface area contributed by atoms with Crippen molar-refractivity contribution in [3.8, 4) is 16.9 Å². The van der Waals surface area contributed by atoms with Gasteiger partial charge in [-0.25, -0.2) is 4.39 Å². The monoisotopic (exact) mass is 239 g/mol. The number of rotatable bonds is 1. The minimum absolute atomic E-state index is 0.209. The number of fused-ring (bicyclic) bond motifs is 1. The van der Waals surface area contributed by atoms with Crippen molar-refractivity contribution < 1.29 is 9.50 Å². The van der Waals surface area contributed by atoms with E-state index in [1.807, 2.05) is 6.07 Å². The molecule has 0 saturated carbocycles. The Bertz CT molecular complexity index is 707. The first kappa shape index (κ1) is 10.7. The predicted molar refractivity (Wildman–Crippen MR) is 68.8 cm³/mol. The fourth-order valence-electron chi connectivity index (χ4n) is 1.92. The van der Waals surface area contributed by atoms with Crippen LogP contribution in [0.2, 0.25) is 0 Å². The number of phenols is 1. The first-order valence-electron chi connectivity index (χ1n) is 5.57. The van der Waals surface area contributed by atoms with Crippen LogP contribution in [0.1, 0.15) is 0 Å². The van der Waals surface area contributed by atoms with E-state index in [9.17, 15) is 9.50 Å². The molecule has 1 N–H and O–H groups in total. The number of aromatic nitrogens is 1. The summed E-state index contributed by atoms with van der Waals surface area (Å²) in [5, 5.41) is 10.3. The summed E-state index contributed by atoms with van der Waals surface area (Å²) in [6.45, 7) is 0. The lowest BCUT2D eigenvalue weighted by molar-refractivity contribution is 0.476. The van der Waals surface area contributed by atoms with Crippen molar-refractivity contribution in [2.75, 3.05) is 0 Å². The molecule has 2 nitrogen and oxygen atoms in total. The van der Waals surface area contributed by atoms with Crippen molar-refractivity contribution in [3.05, 3.63) is 60.5 Å². The maximum Gasteiger partial charge on any atom is 0.123 e. The Hall–Kier alpha value is -2.42. The summed E-state index contributed by atoms with van der Waals surface area (Å²) >= 11 is 0. The highest BCUT2D eigenvalue weighted by atomic mass is 19.1. The number of hydrogen-bond acceptors (Lipinski definition) is 2. The van der Waals surface area contributed by atoms with Crippen LogP contribution in [-0.2, 0) is 0 Å². The smallest absolute Gasteiger partial charge is 0.123 e. The Morgan fingerprint density at radius 3 is 2.44 bits per heavy atom. The first-order chi connectivity index (χ1) is 8.72. The van der Waals surface area contributed by atoms with Crippen molar-refractivity contribution in [1.82, 2.24) is 4.98 Å². The summed E-state index contributed by atoms with van der Waals surface area (Å²) in [4.78, 5) is 4.32. The molecule has 0 fully saturated rings. The predicted octanol–water partition coefficient (Wildman–Crippen LogP) is 3.75. The Morgan fingerprint density at radius 2 is 1.67 bits per heavy atom. The molecule has 0 radical (unpaired) electrons. The van der Waals surface area contributed by atoms with Gasteiger partial charge < -0.3 is 5.11 Å². The summed E-state index contributed by atoms with van der Waals surface area (Å²) in [7, 11) is 0. The maximum atomic E-state index is 12.9. The topological polar surface area (TPSA) is 33.1 Å². The van der Waals surface area contributed by atoms with Gasteiger partial charge in [-0.1, -0.05) is 12.1 Å². The first-order valence-corrected chi connectivity index (χ1v) is 5.57. The highest BCUT2D eigenvalue weighted by molar-refractivity contribution is 5.84. The second kappa shape index (κ2) is 4.11. The minimum Gasteiger partial charge on any atom is -0.508 e. The minimum atomic E-state index is -0.259. The van der Waals surface area contributed by atoms with Gasteiger partial charge >= 0.3 is 0 Å². The van der Waals surface area contributed by atoms with E-state index >= 15 is 0 Å². The quantitative estimate of drug-likeness (QED) is 0.701. The van der Waals surface area contributed by atoms with E-state index in [1.54, 1.807) is 36.5 Å². The van der Waals surface area contributed by atoms with Crippen molar-refractivity contribution in [3.63, 3.8) is 0 Å². The fourth-order valence-corrected chi connectivity index (χ4v) is 1.92. The van der Waals surface area contributed by atoms with Crippen LogP contribution >= 0.6 is 0 Å². The molecule has 2 aromatic carbocycles. The van der Waals surface area contributed by atoms with E-state index in [2.05, 4.69) is 4.98 Å². The molecule has 1 heterocycles. The van der Waals surface area contributed by atoms with Gasteiger partial charge in [-0.15, -0.1) is 0 Å². The molecule has 0 spiro atoms. The molecule has 0 atom stereocenters. The zero-order valence-corrected chi connectivity index (χ0v) is 9.47. The van der Waals surface area contributed by atoms with Gasteiger partial charge in [-0.05, 0) is 42.0 Å². The fraction of sp³-hybridized carbons (Fsp3) is 0. The van der Waals surface area contributed by atoms with Crippen molar-refractivity contribution in [2.45, 2.75) is 0 Å². The molecule has 88 valence electrons. The van der Waals surface area contributed by atoms with Crippen molar-refractivity contribution in [1.29, 1.82) is 0 Å². The van der Waals surface area contributed by atoms with E-state index < -0.39 is 0 Å². The van der Waals surface area contributed by atoms with Gasteiger partial charge in [0.1, 0.15) is 11.6 Å². The second-order valence-corrected chi connectivity index (χ2v) is 4.11. The van der Waals surface area contributed by atoms with Crippen molar-refractivity contribution >= 4 is 10.9 Å². The van der Waals surface area contributed by atoms with Crippen LogP contribution in [0.25, 0.3) is 22.0 Å². The van der Waals surface area contributed by atoms with Crippen LogP contribution in [0.15, 0.2) is 54.7 Å². The molecule has 3 rings (SSSR count). The lowest BCUT2D eigenvalue weighted by Gasteiger charge is -2.04. The molecule has 1 aromatic heterocycles. The molecule has 3 heteroatoms. The van der Waals surface area contributed by atoms with Gasteiger partial charge in [-0.3, -0.25) is 4.98 Å². The van der Waals surface area contributed by atoms with Crippen LogP contribution in [-0.4, -0.2) is 10.1 Å². The van der Waals surface area contributed by atoms with Gasteiger partial charge in [0.25, 0.3) is 0 Å². The molecule has 0 unspecified atom stereocenters. The molecular weight excluding hydrogens is 229 g/mol. The molecule has 0 bridgehead atoms. The molecule has 18 heavy (non-hydrogen) atoms. The van der Waals surface area contributed by atoms with Crippen LogP contribution in [0.4, 0.5) is 4.39 Å². The Labute approximate surface area is 103 Å². The van der Waals surface area contributed by atoms with E-state index in [1.165, 1.54) is 12.1 Å². The molecule has 0 saturated heterocycles. The Kier molecular flexibility index (Phi) is 2.45. The molecule has 3 aromatic rings. The maximum absolute atomic E-state index is 12.9. The number of phenolic OH excluding ortho intramolecular Hbond substituents is 1. The zero-order valence-electron chi connectivity index (χ0n) is 9.47. The average molecular weight is 239 g/mol. The number of benzene rings is 2. The summed E-state index contributed by atoms with van der Waals surface area (Å²) in [5.41, 5.74) is 2.61. The third-order valence-electron chi connectivity index (χ3n) is 2.84. The lowest BCUT2D eigenvalue weighted by Crippen LogP contribution is -1.83. The summed E-state index contributed by atoms with van der Waals surface area (Å²) in [6, 6.07) is 13.2. The second-order valence-electron chi connectivity index (χ2n) is 4.11. The molecule has 0 aliphatic heterocycles. The number of hydrogen-bond donors (Lipinski definition) is 1. The van der Waals surface area contributed by atoms with Gasteiger partial charge in [0, 0.05) is 17.1 Å². The molecule has 0 aliphatic carbocycles. The van der Waals surface area contributed by atoms with Gasteiger partial charge in [0.2, 0.25) is 0 Å². The molecule has 0 amide bonds. The van der Waals surface area contributed by atoms with E-state index in [0.29, 0.717) is 0 Å². The van der Waals surface area contributed by atoms with E-state index in [4.69, 9.17) is 0 Å². The van der Waals surface area contributed by atoms with Crippen LogP contribution in [0, 0.1) is 5.82 Å². The molecule has 0 aliphatic rings. The van der Waals surface area contributed by atoms with Crippen LogP contribution in [0.5, 0.6) is 5.75 Å². The highest BCUT2D eigenvalue weighted by Crippen LogP contribution is 2.25. The zero-order chi connectivity index (χ0) is 12.5. The Balaban J connectivity index is 2.15. The van der Waals surface area contributed by atoms with Gasteiger partial charge in [0.05, 0.1) is 5.52 Å². The normalized spacial score (nSPS) is 10.7. The number of pyridine rings is 1. The largest absolute Gasteiger partial charge is 0.508 e. The standard InChI is InChI=1S/C15H10FNO/c16-13-3-1-10(2-4-13)12-7-11-8-14(18)5-6-15(11)17-9-12/h1-9,18H. The van der Waals surface area contributed by atoms with Crippen molar-refractivity contribution in [2.24, 2.45) is 0 Å². The van der Waals surface area contributed by atoms with Crippen LogP contribution in [0.3, 0.4) is 0 Å². The number of aromatic hydroxyl groups is 1. The average Bonchev–Trinajstić information content (AvgIpc) is 2.38. The van der Waals surface area contributed by atoms with Gasteiger partial charge in [-0.2, -0.15) is 0 Å². The van der Waals surface area contributed by atoms with Crippen LogP contribution < -0.4 is 0 Å². The third kappa shape index (κ3) is 1.91. The SMILES string of the molecule is Oc1ccc2ncc(-c3ccc(F)cc3)cc2c1. The number of nitrogens with zero attached hydrogens (tertiary/aromatic N) is 1.